The Morgan fingerprint density at radius 3 is 2.90 bits per heavy atom. The number of aromatic nitrogens is 3. The molecule has 1 aliphatic rings. The lowest BCUT2D eigenvalue weighted by Gasteiger charge is -2.29. The Kier molecular flexibility index (Phi) is 5.12. The van der Waals surface area contributed by atoms with Crippen molar-refractivity contribution >= 4 is 23.4 Å². The van der Waals surface area contributed by atoms with Gasteiger partial charge in [0.1, 0.15) is 5.82 Å². The minimum Gasteiger partial charge on any atom is -0.368 e. The molecule has 0 radical (unpaired) electrons. The molecule has 3 N–H and O–H groups in total. The van der Waals surface area contributed by atoms with Crippen LogP contribution in [0.15, 0.2) is 48.8 Å². The standard InChI is InChI=1S/C22H24N6O/c1-14(2)15-4-3-5-18(10-15)26-21(29)16-6-8-24-20(11-16)28-9-7-19-17(13-28)12-25-22(23)27-19/h3-6,8,10-12,14H,7,9,13H2,1-2H3,(H,26,29)(H2,23,25,27). The Labute approximate surface area is 170 Å². The molecule has 148 valence electrons. The minimum atomic E-state index is -0.150. The van der Waals surface area contributed by atoms with Gasteiger partial charge in [-0.3, -0.25) is 4.79 Å². The first-order valence-corrected chi connectivity index (χ1v) is 9.72. The van der Waals surface area contributed by atoms with Gasteiger partial charge in [-0.05, 0) is 35.7 Å². The highest BCUT2D eigenvalue weighted by atomic mass is 16.1. The molecule has 29 heavy (non-hydrogen) atoms. The third kappa shape index (κ3) is 4.18. The Balaban J connectivity index is 1.51. The molecule has 0 unspecified atom stereocenters. The number of carbonyl (C=O) groups is 1. The normalized spacial score (nSPS) is 13.3. The molecule has 4 rings (SSSR count). The Morgan fingerprint density at radius 2 is 2.07 bits per heavy atom. The molecule has 2 aromatic heterocycles. The van der Waals surface area contributed by atoms with Crippen LogP contribution < -0.4 is 16.0 Å². The summed E-state index contributed by atoms with van der Waals surface area (Å²) in [5.41, 5.74) is 10.2. The highest BCUT2D eigenvalue weighted by Gasteiger charge is 2.20. The van der Waals surface area contributed by atoms with E-state index in [1.54, 1.807) is 18.5 Å². The van der Waals surface area contributed by atoms with Gasteiger partial charge in [-0.2, -0.15) is 0 Å². The molecule has 7 heteroatoms. The van der Waals surface area contributed by atoms with Crippen LogP contribution in [0.3, 0.4) is 0 Å². The maximum atomic E-state index is 12.8. The monoisotopic (exact) mass is 388 g/mol. The number of nitrogens with zero attached hydrogens (tertiary/aromatic N) is 4. The number of nitrogens with two attached hydrogens (primary N) is 1. The van der Waals surface area contributed by atoms with Gasteiger partial charge in [-0.1, -0.05) is 26.0 Å². The largest absolute Gasteiger partial charge is 0.368 e. The fourth-order valence-corrected chi connectivity index (χ4v) is 3.44. The number of hydrogen-bond donors (Lipinski definition) is 2. The quantitative estimate of drug-likeness (QED) is 0.711. The molecule has 0 bridgehead atoms. The van der Waals surface area contributed by atoms with Crippen molar-refractivity contribution in [2.75, 3.05) is 22.5 Å². The molecule has 0 saturated carbocycles. The number of benzene rings is 1. The highest BCUT2D eigenvalue weighted by molar-refractivity contribution is 6.04. The van der Waals surface area contributed by atoms with E-state index in [0.29, 0.717) is 24.0 Å². The number of fused-ring (bicyclic) bond motifs is 1. The summed E-state index contributed by atoms with van der Waals surface area (Å²) in [6, 6.07) is 11.5. The van der Waals surface area contributed by atoms with Gasteiger partial charge in [-0.15, -0.1) is 0 Å². The van der Waals surface area contributed by atoms with Crippen LogP contribution in [0.1, 0.15) is 46.9 Å². The number of pyridine rings is 1. The van der Waals surface area contributed by atoms with E-state index in [0.717, 1.165) is 35.7 Å². The van der Waals surface area contributed by atoms with E-state index < -0.39 is 0 Å². The number of carbonyl (C=O) groups excluding carboxylic acids is 1. The van der Waals surface area contributed by atoms with E-state index in [-0.39, 0.29) is 5.91 Å². The van der Waals surface area contributed by atoms with Crippen LogP contribution in [0, 0.1) is 0 Å². The second-order valence-electron chi connectivity index (χ2n) is 7.51. The predicted molar refractivity (Wildman–Crippen MR) is 114 cm³/mol. The zero-order chi connectivity index (χ0) is 20.4. The van der Waals surface area contributed by atoms with Gasteiger partial charge >= 0.3 is 0 Å². The zero-order valence-electron chi connectivity index (χ0n) is 16.6. The molecule has 1 aliphatic heterocycles. The number of hydrogen-bond acceptors (Lipinski definition) is 6. The summed E-state index contributed by atoms with van der Waals surface area (Å²) in [6.07, 6.45) is 4.20. The Morgan fingerprint density at radius 1 is 1.21 bits per heavy atom. The van der Waals surface area contributed by atoms with Crippen molar-refractivity contribution < 1.29 is 4.79 Å². The lowest BCUT2D eigenvalue weighted by molar-refractivity contribution is 0.102. The topological polar surface area (TPSA) is 97.0 Å². The van der Waals surface area contributed by atoms with Crippen LogP contribution in [-0.2, 0) is 13.0 Å². The Bertz CT molecular complexity index is 1050. The van der Waals surface area contributed by atoms with Crippen molar-refractivity contribution in [3.63, 3.8) is 0 Å². The second-order valence-corrected chi connectivity index (χ2v) is 7.51. The van der Waals surface area contributed by atoms with E-state index in [9.17, 15) is 4.79 Å². The molecular weight excluding hydrogens is 364 g/mol. The zero-order valence-corrected chi connectivity index (χ0v) is 16.6. The van der Waals surface area contributed by atoms with Crippen LogP contribution in [0.2, 0.25) is 0 Å². The fourth-order valence-electron chi connectivity index (χ4n) is 3.44. The first-order chi connectivity index (χ1) is 14.0. The van der Waals surface area contributed by atoms with Gasteiger partial charge in [-0.25, -0.2) is 15.0 Å². The van der Waals surface area contributed by atoms with Gasteiger partial charge in [0.25, 0.3) is 5.91 Å². The maximum Gasteiger partial charge on any atom is 0.255 e. The molecule has 0 saturated heterocycles. The van der Waals surface area contributed by atoms with E-state index in [1.807, 2.05) is 24.3 Å². The van der Waals surface area contributed by atoms with E-state index in [1.165, 1.54) is 5.56 Å². The molecule has 0 fully saturated rings. The van der Waals surface area contributed by atoms with Gasteiger partial charge in [0, 0.05) is 48.7 Å². The average Bonchev–Trinajstić information content (AvgIpc) is 2.73. The summed E-state index contributed by atoms with van der Waals surface area (Å²) < 4.78 is 0. The van der Waals surface area contributed by atoms with Crippen LogP contribution in [0.4, 0.5) is 17.5 Å². The van der Waals surface area contributed by atoms with Gasteiger partial charge < -0.3 is 16.0 Å². The third-order valence-electron chi connectivity index (χ3n) is 5.10. The lowest BCUT2D eigenvalue weighted by atomic mass is 10.0. The first-order valence-electron chi connectivity index (χ1n) is 9.72. The van der Waals surface area contributed by atoms with Crippen molar-refractivity contribution in [3.05, 3.63) is 71.2 Å². The van der Waals surface area contributed by atoms with Crippen molar-refractivity contribution in [2.45, 2.75) is 32.7 Å². The number of anilines is 3. The summed E-state index contributed by atoms with van der Waals surface area (Å²) in [5.74, 6) is 1.32. The number of nitrogens with one attached hydrogen (secondary N) is 1. The van der Waals surface area contributed by atoms with Gasteiger partial charge in [0.15, 0.2) is 0 Å². The molecule has 3 heterocycles. The smallest absolute Gasteiger partial charge is 0.255 e. The average molecular weight is 388 g/mol. The summed E-state index contributed by atoms with van der Waals surface area (Å²) in [5, 5.41) is 2.99. The third-order valence-corrected chi connectivity index (χ3v) is 5.10. The highest BCUT2D eigenvalue weighted by Crippen LogP contribution is 2.23. The summed E-state index contributed by atoms with van der Waals surface area (Å²) in [6.45, 7) is 5.67. The van der Waals surface area contributed by atoms with Gasteiger partial charge in [0.2, 0.25) is 5.95 Å². The molecule has 1 aromatic carbocycles. The minimum absolute atomic E-state index is 0.150. The van der Waals surface area contributed by atoms with Gasteiger partial charge in [0.05, 0.1) is 5.69 Å². The number of amides is 1. The summed E-state index contributed by atoms with van der Waals surface area (Å²) in [4.78, 5) is 27.8. The second kappa shape index (κ2) is 7.87. The molecular formula is C22H24N6O. The van der Waals surface area contributed by atoms with Crippen LogP contribution in [-0.4, -0.2) is 27.4 Å². The summed E-state index contributed by atoms with van der Waals surface area (Å²) in [7, 11) is 0. The van der Waals surface area contributed by atoms with Crippen LogP contribution >= 0.6 is 0 Å². The maximum absolute atomic E-state index is 12.8. The van der Waals surface area contributed by atoms with Crippen molar-refractivity contribution in [1.29, 1.82) is 0 Å². The fraction of sp³-hybridized carbons (Fsp3) is 0.273. The van der Waals surface area contributed by atoms with E-state index in [4.69, 9.17) is 5.73 Å². The number of nitrogen functional groups attached to an aromatic ring is 1. The summed E-state index contributed by atoms with van der Waals surface area (Å²) >= 11 is 0. The predicted octanol–water partition coefficient (Wildman–Crippen LogP) is 3.39. The van der Waals surface area contributed by atoms with Crippen molar-refractivity contribution in [1.82, 2.24) is 15.0 Å². The van der Waals surface area contributed by atoms with Crippen molar-refractivity contribution in [3.8, 4) is 0 Å². The van der Waals surface area contributed by atoms with Crippen LogP contribution in [0.5, 0.6) is 0 Å². The molecule has 1 amide bonds. The van der Waals surface area contributed by atoms with E-state index in [2.05, 4.69) is 45.1 Å². The van der Waals surface area contributed by atoms with Crippen molar-refractivity contribution in [2.24, 2.45) is 0 Å². The number of rotatable bonds is 4. The van der Waals surface area contributed by atoms with E-state index >= 15 is 0 Å². The molecule has 7 nitrogen and oxygen atoms in total. The molecule has 0 spiro atoms. The molecule has 3 aromatic rings. The van der Waals surface area contributed by atoms with Crippen LogP contribution in [0.25, 0.3) is 0 Å². The SMILES string of the molecule is CC(C)c1cccc(NC(=O)c2ccnc(N3CCc4nc(N)ncc4C3)c2)c1. The lowest BCUT2D eigenvalue weighted by Crippen LogP contribution is -2.32. The molecule has 0 aliphatic carbocycles. The first kappa shape index (κ1) is 18.9. The Hall–Kier alpha value is -3.48. The molecule has 0 atom stereocenters.